The number of imidazole rings is 1. The third kappa shape index (κ3) is 3.39. The number of hydrogen-bond acceptors (Lipinski definition) is 6. The fourth-order valence-electron chi connectivity index (χ4n) is 2.56. The van der Waals surface area contributed by atoms with Crippen molar-refractivity contribution in [3.63, 3.8) is 0 Å². The smallest absolute Gasteiger partial charge is 0.191 e. The van der Waals surface area contributed by atoms with Gasteiger partial charge >= 0.3 is 0 Å². The fourth-order valence-corrected chi connectivity index (χ4v) is 3.48. The van der Waals surface area contributed by atoms with Crippen LogP contribution in [0, 0.1) is 0 Å². The van der Waals surface area contributed by atoms with Crippen LogP contribution in [0.25, 0.3) is 16.9 Å². The molecule has 1 unspecified atom stereocenters. The number of nitrogens with one attached hydrogen (secondary N) is 1. The van der Waals surface area contributed by atoms with Gasteiger partial charge in [-0.05, 0) is 18.2 Å². The Bertz CT molecular complexity index is 1070. The molecule has 0 radical (unpaired) electrons. The SMILES string of the molecule is C=[S-](=O)Nc1cc(-c2cnc3cc(OC)c(S(=O)O)cn23)ccc1OC. The number of nitrogens with zero attached hydrogens (tertiary/aromatic N) is 2. The summed E-state index contributed by atoms with van der Waals surface area (Å²) in [6, 6.07) is 6.85. The number of anilines is 1. The van der Waals surface area contributed by atoms with Crippen LogP contribution in [0.4, 0.5) is 5.69 Å². The van der Waals surface area contributed by atoms with Crippen molar-refractivity contribution < 1.29 is 22.4 Å². The highest BCUT2D eigenvalue weighted by molar-refractivity contribution is 7.83. The predicted molar refractivity (Wildman–Crippen MR) is 102 cm³/mol. The molecule has 2 aromatic heterocycles. The van der Waals surface area contributed by atoms with E-state index < -0.39 is 21.7 Å². The molecule has 8 nitrogen and oxygen atoms in total. The number of ether oxygens (including phenoxy) is 2. The zero-order valence-electron chi connectivity index (χ0n) is 14.0. The lowest BCUT2D eigenvalue weighted by Crippen LogP contribution is -2.00. The van der Waals surface area contributed by atoms with Crippen LogP contribution >= 0.6 is 0 Å². The van der Waals surface area contributed by atoms with E-state index in [0.29, 0.717) is 22.8 Å². The summed E-state index contributed by atoms with van der Waals surface area (Å²) < 4.78 is 47.3. The lowest BCUT2D eigenvalue weighted by atomic mass is 10.1. The van der Waals surface area contributed by atoms with Crippen LogP contribution in [-0.4, -0.2) is 38.2 Å². The summed E-state index contributed by atoms with van der Waals surface area (Å²) in [6.07, 6.45) is 3.13. The highest BCUT2D eigenvalue weighted by Gasteiger charge is 2.15. The van der Waals surface area contributed by atoms with Gasteiger partial charge in [0.05, 0.1) is 31.8 Å². The van der Waals surface area contributed by atoms with Crippen molar-refractivity contribution in [1.82, 2.24) is 9.38 Å². The maximum Gasteiger partial charge on any atom is 0.191 e. The molecule has 3 rings (SSSR count). The van der Waals surface area contributed by atoms with E-state index in [4.69, 9.17) is 9.47 Å². The Morgan fingerprint density at radius 2 is 2.00 bits per heavy atom. The monoisotopic (exact) mass is 394 g/mol. The minimum Gasteiger partial charge on any atom is -0.495 e. The van der Waals surface area contributed by atoms with E-state index in [1.807, 2.05) is 0 Å². The van der Waals surface area contributed by atoms with Crippen molar-refractivity contribution >= 4 is 38.9 Å². The van der Waals surface area contributed by atoms with E-state index in [-0.39, 0.29) is 10.6 Å². The number of benzene rings is 1. The van der Waals surface area contributed by atoms with E-state index in [0.717, 1.165) is 5.56 Å². The molecule has 0 aliphatic carbocycles. The zero-order chi connectivity index (χ0) is 18.8. The van der Waals surface area contributed by atoms with E-state index in [1.54, 1.807) is 34.9 Å². The number of hydrogen-bond donors (Lipinski definition) is 2. The minimum atomic E-state index is -2.22. The van der Waals surface area contributed by atoms with Gasteiger partial charge in [0, 0.05) is 17.8 Å². The van der Waals surface area contributed by atoms with Gasteiger partial charge in [0.1, 0.15) is 22.0 Å². The Labute approximate surface area is 154 Å². The summed E-state index contributed by atoms with van der Waals surface area (Å²) in [5, 5.41) is 0. The molecule has 0 aliphatic heterocycles. The Hall–Kier alpha value is -2.56. The quantitative estimate of drug-likeness (QED) is 0.378. The standard InChI is InChI=1S/C16H16N3O5S2/c1-23-13-5-4-10(6-11(13)18-25(3)20)12-8-17-16-7-14(24-2)15(26(21)22)9-19(12)16/h4-9H,3H2,1-2H3,(H,18,20)(H,21,22)/q-1. The molecule has 0 saturated heterocycles. The van der Waals surface area contributed by atoms with Gasteiger partial charge in [-0.2, -0.15) is 16.4 Å². The molecule has 26 heavy (non-hydrogen) atoms. The molecule has 10 heteroatoms. The zero-order valence-corrected chi connectivity index (χ0v) is 15.6. The first kappa shape index (κ1) is 18.2. The molecule has 3 aromatic rings. The van der Waals surface area contributed by atoms with Crippen molar-refractivity contribution in [3.8, 4) is 22.8 Å². The van der Waals surface area contributed by atoms with Crippen molar-refractivity contribution in [2.24, 2.45) is 0 Å². The third-order valence-electron chi connectivity index (χ3n) is 3.70. The number of aromatic nitrogens is 2. The second-order valence-corrected chi connectivity index (χ2v) is 7.02. The van der Waals surface area contributed by atoms with Gasteiger partial charge < -0.3 is 23.0 Å². The summed E-state index contributed by atoms with van der Waals surface area (Å²) in [7, 11) is 1.42. The van der Waals surface area contributed by atoms with Gasteiger partial charge in [0.2, 0.25) is 0 Å². The first-order chi connectivity index (χ1) is 12.4. The largest absolute Gasteiger partial charge is 0.495 e. The average molecular weight is 394 g/mol. The highest BCUT2D eigenvalue weighted by Crippen LogP contribution is 2.32. The lowest BCUT2D eigenvalue weighted by Gasteiger charge is -2.15. The third-order valence-corrected chi connectivity index (χ3v) is 4.83. The molecule has 0 bridgehead atoms. The number of rotatable bonds is 6. The average Bonchev–Trinajstić information content (AvgIpc) is 3.02. The predicted octanol–water partition coefficient (Wildman–Crippen LogP) is 2.32. The Morgan fingerprint density at radius 1 is 1.27 bits per heavy atom. The molecule has 0 spiro atoms. The fraction of sp³-hybridized carbons (Fsp3) is 0.125. The van der Waals surface area contributed by atoms with Gasteiger partial charge in [-0.15, -0.1) is 0 Å². The summed E-state index contributed by atoms with van der Waals surface area (Å²) in [5.74, 6) is 4.20. The van der Waals surface area contributed by atoms with Crippen LogP contribution in [0.15, 0.2) is 41.6 Å². The van der Waals surface area contributed by atoms with Gasteiger partial charge in [0.15, 0.2) is 11.1 Å². The molecular formula is C16H16N3O5S2-. The molecule has 2 heterocycles. The van der Waals surface area contributed by atoms with Crippen LogP contribution in [-0.2, 0) is 25.9 Å². The van der Waals surface area contributed by atoms with Crippen LogP contribution in [0.3, 0.4) is 0 Å². The molecule has 0 fully saturated rings. The van der Waals surface area contributed by atoms with Gasteiger partial charge in [-0.3, -0.25) is 4.40 Å². The molecule has 0 amide bonds. The van der Waals surface area contributed by atoms with E-state index >= 15 is 0 Å². The maximum atomic E-state index is 11.6. The minimum absolute atomic E-state index is 0.130. The molecule has 138 valence electrons. The highest BCUT2D eigenvalue weighted by atomic mass is 32.2. The van der Waals surface area contributed by atoms with Gasteiger partial charge in [0.25, 0.3) is 0 Å². The van der Waals surface area contributed by atoms with Crippen molar-refractivity contribution in [3.05, 3.63) is 36.7 Å². The van der Waals surface area contributed by atoms with Gasteiger partial charge in [-0.1, -0.05) is 0 Å². The van der Waals surface area contributed by atoms with E-state index in [2.05, 4.69) is 15.6 Å². The first-order valence-corrected chi connectivity index (χ1v) is 9.69. The van der Waals surface area contributed by atoms with Crippen LogP contribution in [0.5, 0.6) is 11.5 Å². The summed E-state index contributed by atoms with van der Waals surface area (Å²) >= 11 is -2.22. The lowest BCUT2D eigenvalue weighted by molar-refractivity contribution is 0.401. The second-order valence-electron chi connectivity index (χ2n) is 5.19. The van der Waals surface area contributed by atoms with Crippen molar-refractivity contribution in [2.45, 2.75) is 4.90 Å². The van der Waals surface area contributed by atoms with Crippen LogP contribution in [0.1, 0.15) is 0 Å². The summed E-state index contributed by atoms with van der Waals surface area (Å²) in [6.45, 7) is 0. The molecule has 0 saturated carbocycles. The summed E-state index contributed by atoms with van der Waals surface area (Å²) in [4.78, 5) is 4.45. The molecule has 2 N–H and O–H groups in total. The molecule has 0 aliphatic rings. The first-order valence-electron chi connectivity index (χ1n) is 7.27. The van der Waals surface area contributed by atoms with E-state index in [1.165, 1.54) is 20.4 Å². The Morgan fingerprint density at radius 3 is 2.62 bits per heavy atom. The number of pyridine rings is 1. The molecule has 1 atom stereocenters. The van der Waals surface area contributed by atoms with E-state index in [9.17, 15) is 13.0 Å². The normalized spacial score (nSPS) is 12.3. The Balaban J connectivity index is 2.19. The Kier molecular flexibility index (Phi) is 5.16. The molecular weight excluding hydrogens is 378 g/mol. The maximum absolute atomic E-state index is 11.6. The van der Waals surface area contributed by atoms with Gasteiger partial charge in [-0.25, -0.2) is 9.19 Å². The topological polar surface area (TPSA) is 102 Å². The van der Waals surface area contributed by atoms with Crippen LogP contribution in [0.2, 0.25) is 0 Å². The van der Waals surface area contributed by atoms with Crippen LogP contribution < -0.4 is 14.2 Å². The second kappa shape index (κ2) is 7.36. The summed E-state index contributed by atoms with van der Waals surface area (Å²) in [5.41, 5.74) is 2.48. The number of methoxy groups -OCH3 is 2. The van der Waals surface area contributed by atoms with Crippen molar-refractivity contribution in [1.29, 1.82) is 0 Å². The number of fused-ring (bicyclic) bond motifs is 1. The molecule has 1 aromatic carbocycles. The van der Waals surface area contributed by atoms with Crippen molar-refractivity contribution in [2.75, 3.05) is 18.9 Å².